The summed E-state index contributed by atoms with van der Waals surface area (Å²) in [5, 5.41) is 0. The van der Waals surface area contributed by atoms with Gasteiger partial charge >= 0.3 is 0 Å². The molecule has 0 atom stereocenters. The maximum Gasteiger partial charge on any atom is 0.271 e. The van der Waals surface area contributed by atoms with Gasteiger partial charge in [0, 0.05) is 6.04 Å². The largest absolute Gasteiger partial charge is 0.271 e. The molecule has 29 heavy (non-hydrogen) atoms. The molecule has 0 spiro atoms. The number of hydrogen-bond acceptors (Lipinski definition) is 2. The van der Waals surface area contributed by atoms with Gasteiger partial charge in [0.15, 0.2) is 0 Å². The van der Waals surface area contributed by atoms with E-state index in [9.17, 15) is 12.8 Å². The Morgan fingerprint density at radius 2 is 1.59 bits per heavy atom. The van der Waals surface area contributed by atoms with Gasteiger partial charge in [-0.3, -0.25) is 0 Å². The van der Waals surface area contributed by atoms with Crippen LogP contribution in [-0.4, -0.2) is 12.7 Å². The first-order chi connectivity index (χ1) is 13.9. The first kappa shape index (κ1) is 20.4. The quantitative estimate of drug-likeness (QED) is 0.443. The Morgan fingerprint density at radius 1 is 0.931 bits per heavy atom. The van der Waals surface area contributed by atoms with Crippen molar-refractivity contribution in [3.8, 4) is 12.0 Å². The van der Waals surface area contributed by atoms with E-state index >= 15 is 0 Å². The van der Waals surface area contributed by atoms with Crippen LogP contribution >= 0.6 is 0 Å². The highest BCUT2D eigenvalue weighted by molar-refractivity contribution is 7.89. The molecule has 0 aliphatic heterocycles. The van der Waals surface area contributed by atoms with Crippen LogP contribution in [0.5, 0.6) is 0 Å². The molecule has 0 saturated carbocycles. The number of halogens is 1. The van der Waals surface area contributed by atoms with E-state index < -0.39 is 10.0 Å². The topological polar surface area (TPSA) is 37.4 Å². The minimum absolute atomic E-state index is 0.0165. The number of hydrogen-bond donors (Lipinski definition) is 0. The van der Waals surface area contributed by atoms with Crippen LogP contribution in [0.4, 0.5) is 4.39 Å². The normalized spacial score (nSPS) is 11.1. The highest BCUT2D eigenvalue weighted by Gasteiger charge is 2.22. The number of allylic oxidation sites excluding steroid dienone is 1. The van der Waals surface area contributed by atoms with E-state index in [0.29, 0.717) is 5.56 Å². The molecule has 0 unspecified atom stereocenters. The van der Waals surface area contributed by atoms with E-state index in [4.69, 9.17) is 0 Å². The van der Waals surface area contributed by atoms with Crippen molar-refractivity contribution < 1.29 is 12.8 Å². The summed E-state index contributed by atoms with van der Waals surface area (Å²) < 4.78 is 40.5. The second-order valence-corrected chi connectivity index (χ2v) is 8.31. The van der Waals surface area contributed by atoms with E-state index in [-0.39, 0.29) is 17.3 Å². The van der Waals surface area contributed by atoms with Crippen LogP contribution in [0.2, 0.25) is 0 Å². The zero-order chi connectivity index (χ0) is 20.7. The Labute approximate surface area is 171 Å². The molecular formula is C24H20FNO2S. The van der Waals surface area contributed by atoms with Gasteiger partial charge in [-0.25, -0.2) is 17.1 Å². The van der Waals surface area contributed by atoms with Crippen molar-refractivity contribution in [2.45, 2.75) is 18.4 Å². The van der Waals surface area contributed by atoms with Gasteiger partial charge < -0.3 is 0 Å². The lowest BCUT2D eigenvalue weighted by Gasteiger charge is -2.18. The first-order valence-electron chi connectivity index (χ1n) is 9.02. The molecule has 0 heterocycles. The molecular weight excluding hydrogens is 385 g/mol. The van der Waals surface area contributed by atoms with E-state index in [0.717, 1.165) is 15.4 Å². The average molecular weight is 405 g/mol. The number of benzene rings is 3. The molecule has 3 nitrogen and oxygen atoms in total. The minimum Gasteiger partial charge on any atom is -0.220 e. The van der Waals surface area contributed by atoms with Crippen molar-refractivity contribution in [2.24, 2.45) is 0 Å². The molecule has 3 rings (SSSR count). The Morgan fingerprint density at radius 3 is 2.24 bits per heavy atom. The third kappa shape index (κ3) is 5.56. The Kier molecular flexibility index (Phi) is 6.48. The van der Waals surface area contributed by atoms with Crippen molar-refractivity contribution in [3.05, 3.63) is 107 Å². The fourth-order valence-corrected chi connectivity index (χ4v) is 3.82. The third-order valence-corrected chi connectivity index (χ3v) is 5.86. The van der Waals surface area contributed by atoms with Gasteiger partial charge in [-0.1, -0.05) is 66.1 Å². The second-order valence-electron chi connectivity index (χ2n) is 6.45. The lowest BCUT2D eigenvalue weighted by atomic mass is 10.2. The molecule has 0 bridgehead atoms. The van der Waals surface area contributed by atoms with Crippen molar-refractivity contribution >= 4 is 16.1 Å². The molecule has 3 aromatic carbocycles. The predicted molar refractivity (Wildman–Crippen MR) is 114 cm³/mol. The van der Waals surface area contributed by atoms with Gasteiger partial charge in [0.25, 0.3) is 10.0 Å². The molecule has 0 N–H and O–H groups in total. The highest BCUT2D eigenvalue weighted by atomic mass is 32.2. The summed E-state index contributed by atoms with van der Waals surface area (Å²) in [6.45, 7) is 1.91. The van der Waals surface area contributed by atoms with Crippen LogP contribution in [0.1, 0.15) is 16.7 Å². The summed E-state index contributed by atoms with van der Waals surface area (Å²) in [7, 11) is -3.84. The van der Waals surface area contributed by atoms with Gasteiger partial charge in [0.1, 0.15) is 5.82 Å². The molecule has 0 radical (unpaired) electrons. The smallest absolute Gasteiger partial charge is 0.220 e. The molecule has 0 aliphatic rings. The van der Waals surface area contributed by atoms with Crippen molar-refractivity contribution in [2.75, 3.05) is 0 Å². The summed E-state index contributed by atoms with van der Waals surface area (Å²) in [5.74, 6) is 2.42. The molecule has 0 saturated heterocycles. The SMILES string of the molecule is Cc1ccc(S(=O)(=O)N(C#C/C=C/c2ccccc2)Cc2ccc(F)cc2)cc1. The van der Waals surface area contributed by atoms with Gasteiger partial charge in [-0.05, 0) is 54.5 Å². The van der Waals surface area contributed by atoms with Gasteiger partial charge in [0.2, 0.25) is 0 Å². The Balaban J connectivity index is 1.91. The maximum atomic E-state index is 13.2. The highest BCUT2D eigenvalue weighted by Crippen LogP contribution is 2.18. The summed E-state index contributed by atoms with van der Waals surface area (Å²) in [6.07, 6.45) is 3.42. The van der Waals surface area contributed by atoms with Crippen LogP contribution in [0.3, 0.4) is 0 Å². The van der Waals surface area contributed by atoms with Crippen molar-refractivity contribution in [1.82, 2.24) is 4.31 Å². The maximum absolute atomic E-state index is 13.2. The molecule has 0 aliphatic carbocycles. The Hall–Kier alpha value is -3.36. The van der Waals surface area contributed by atoms with Crippen LogP contribution in [0.25, 0.3) is 6.08 Å². The van der Waals surface area contributed by atoms with Crippen LogP contribution < -0.4 is 0 Å². The van der Waals surface area contributed by atoms with Crippen LogP contribution in [0.15, 0.2) is 89.8 Å². The number of sulfonamides is 1. The summed E-state index contributed by atoms with van der Waals surface area (Å²) in [5.41, 5.74) is 2.57. The zero-order valence-electron chi connectivity index (χ0n) is 15.9. The number of nitrogens with zero attached hydrogens (tertiary/aromatic N) is 1. The predicted octanol–water partition coefficient (Wildman–Crippen LogP) is 5.00. The summed E-state index contributed by atoms with van der Waals surface area (Å²) in [4.78, 5) is 0.159. The Bertz CT molecular complexity index is 1140. The summed E-state index contributed by atoms with van der Waals surface area (Å²) >= 11 is 0. The van der Waals surface area contributed by atoms with Crippen molar-refractivity contribution in [1.29, 1.82) is 0 Å². The van der Waals surface area contributed by atoms with Gasteiger partial charge in [-0.15, -0.1) is 0 Å². The number of rotatable bonds is 5. The van der Waals surface area contributed by atoms with E-state index in [1.807, 2.05) is 43.3 Å². The molecule has 0 amide bonds. The molecule has 0 fully saturated rings. The zero-order valence-corrected chi connectivity index (χ0v) is 16.7. The van der Waals surface area contributed by atoms with E-state index in [2.05, 4.69) is 12.0 Å². The molecule has 3 aromatic rings. The second kappa shape index (κ2) is 9.22. The van der Waals surface area contributed by atoms with Crippen LogP contribution in [0, 0.1) is 24.7 Å². The lowest BCUT2D eigenvalue weighted by Crippen LogP contribution is -2.26. The van der Waals surface area contributed by atoms with E-state index in [1.54, 1.807) is 42.5 Å². The summed E-state index contributed by atoms with van der Waals surface area (Å²) in [6, 6.07) is 24.6. The van der Waals surface area contributed by atoms with E-state index in [1.165, 1.54) is 12.1 Å². The van der Waals surface area contributed by atoms with Crippen LogP contribution in [-0.2, 0) is 16.6 Å². The van der Waals surface area contributed by atoms with Gasteiger partial charge in [0.05, 0.1) is 11.4 Å². The lowest BCUT2D eigenvalue weighted by molar-refractivity contribution is 0.508. The standard InChI is InChI=1S/C24H20FNO2S/c1-20-10-16-24(17-11-20)29(27,28)26(19-22-12-14-23(25)15-13-22)18-6-5-9-21-7-3-2-4-8-21/h2-5,7-17H,19H2,1H3/b9-5+. The third-order valence-electron chi connectivity index (χ3n) is 4.20. The first-order valence-corrected chi connectivity index (χ1v) is 10.5. The number of aryl methyl sites for hydroxylation is 1. The fraction of sp³-hybridized carbons (Fsp3) is 0.0833. The van der Waals surface area contributed by atoms with Crippen molar-refractivity contribution in [3.63, 3.8) is 0 Å². The molecule has 146 valence electrons. The minimum atomic E-state index is -3.84. The fourth-order valence-electron chi connectivity index (χ4n) is 2.59. The monoisotopic (exact) mass is 405 g/mol. The van der Waals surface area contributed by atoms with Gasteiger partial charge in [-0.2, -0.15) is 0 Å². The molecule has 0 aromatic heterocycles. The average Bonchev–Trinajstić information content (AvgIpc) is 2.72. The molecule has 5 heteroatoms.